The fourth-order valence-corrected chi connectivity index (χ4v) is 2.68. The van der Waals surface area contributed by atoms with E-state index in [-0.39, 0.29) is 6.04 Å². The summed E-state index contributed by atoms with van der Waals surface area (Å²) in [5.41, 5.74) is 2.35. The lowest BCUT2D eigenvalue weighted by atomic mass is 10.1. The van der Waals surface area contributed by atoms with Gasteiger partial charge in [0.2, 0.25) is 0 Å². The molecule has 0 spiro atoms. The van der Waals surface area contributed by atoms with Gasteiger partial charge < -0.3 is 14.8 Å². The van der Waals surface area contributed by atoms with Gasteiger partial charge in [0.25, 0.3) is 0 Å². The lowest BCUT2D eigenvalue weighted by Crippen LogP contribution is -2.19. The second-order valence-corrected chi connectivity index (χ2v) is 5.52. The SMILES string of the molecule is CC(NCc1cc(Cl)c2c(c1)OCCO2)c1ccccc1. The Labute approximate surface area is 129 Å². The van der Waals surface area contributed by atoms with Crippen LogP contribution in [0.15, 0.2) is 42.5 Å². The molecule has 0 amide bonds. The van der Waals surface area contributed by atoms with E-state index in [4.69, 9.17) is 21.1 Å². The van der Waals surface area contributed by atoms with Crippen LogP contribution in [-0.4, -0.2) is 13.2 Å². The minimum Gasteiger partial charge on any atom is -0.486 e. The third kappa shape index (κ3) is 3.31. The number of hydrogen-bond donors (Lipinski definition) is 1. The van der Waals surface area contributed by atoms with E-state index in [1.807, 2.05) is 18.2 Å². The first-order chi connectivity index (χ1) is 10.2. The molecule has 1 N–H and O–H groups in total. The van der Waals surface area contributed by atoms with Crippen molar-refractivity contribution in [2.24, 2.45) is 0 Å². The second-order valence-electron chi connectivity index (χ2n) is 5.12. The van der Waals surface area contributed by atoms with E-state index in [2.05, 4.69) is 36.5 Å². The maximum absolute atomic E-state index is 6.25. The smallest absolute Gasteiger partial charge is 0.179 e. The zero-order valence-corrected chi connectivity index (χ0v) is 12.7. The van der Waals surface area contributed by atoms with Crippen molar-refractivity contribution in [1.82, 2.24) is 5.32 Å². The van der Waals surface area contributed by atoms with Crippen molar-refractivity contribution >= 4 is 11.6 Å². The minimum absolute atomic E-state index is 0.276. The fourth-order valence-electron chi connectivity index (χ4n) is 2.40. The van der Waals surface area contributed by atoms with Crippen LogP contribution in [0, 0.1) is 0 Å². The molecule has 2 aromatic carbocycles. The van der Waals surface area contributed by atoms with Gasteiger partial charge in [-0.2, -0.15) is 0 Å². The molecule has 1 atom stereocenters. The third-order valence-electron chi connectivity index (χ3n) is 3.57. The van der Waals surface area contributed by atoms with E-state index in [1.165, 1.54) is 5.56 Å². The average molecular weight is 304 g/mol. The highest BCUT2D eigenvalue weighted by molar-refractivity contribution is 6.32. The van der Waals surface area contributed by atoms with Crippen LogP contribution in [0.5, 0.6) is 11.5 Å². The van der Waals surface area contributed by atoms with E-state index >= 15 is 0 Å². The maximum Gasteiger partial charge on any atom is 0.179 e. The molecular weight excluding hydrogens is 286 g/mol. The van der Waals surface area contributed by atoms with Crippen molar-refractivity contribution < 1.29 is 9.47 Å². The monoisotopic (exact) mass is 303 g/mol. The number of halogens is 1. The second kappa shape index (κ2) is 6.37. The van der Waals surface area contributed by atoms with Crippen LogP contribution < -0.4 is 14.8 Å². The summed E-state index contributed by atoms with van der Waals surface area (Å²) in [7, 11) is 0. The van der Waals surface area contributed by atoms with Crippen molar-refractivity contribution in [2.75, 3.05) is 13.2 Å². The normalized spacial score (nSPS) is 14.8. The Morgan fingerprint density at radius 3 is 2.71 bits per heavy atom. The van der Waals surface area contributed by atoms with Crippen molar-refractivity contribution in [3.63, 3.8) is 0 Å². The molecule has 110 valence electrons. The van der Waals surface area contributed by atoms with Crippen molar-refractivity contribution in [3.05, 3.63) is 58.6 Å². The van der Waals surface area contributed by atoms with Gasteiger partial charge in [-0.25, -0.2) is 0 Å². The van der Waals surface area contributed by atoms with E-state index < -0.39 is 0 Å². The predicted octanol–water partition coefficient (Wildman–Crippen LogP) is 3.96. The Balaban J connectivity index is 1.69. The molecule has 3 nitrogen and oxygen atoms in total. The van der Waals surface area contributed by atoms with Crippen LogP contribution in [0.2, 0.25) is 5.02 Å². The lowest BCUT2D eigenvalue weighted by Gasteiger charge is -2.21. The van der Waals surface area contributed by atoms with E-state index in [0.717, 1.165) is 17.9 Å². The van der Waals surface area contributed by atoms with Crippen LogP contribution in [0.3, 0.4) is 0 Å². The molecule has 1 heterocycles. The Kier molecular flexibility index (Phi) is 4.32. The number of fused-ring (bicyclic) bond motifs is 1. The Bertz CT molecular complexity index is 616. The van der Waals surface area contributed by atoms with Crippen LogP contribution in [0.25, 0.3) is 0 Å². The van der Waals surface area contributed by atoms with Gasteiger partial charge in [-0.3, -0.25) is 0 Å². The first kappa shape index (κ1) is 14.2. The number of hydrogen-bond acceptors (Lipinski definition) is 3. The molecule has 3 rings (SSSR count). The first-order valence-corrected chi connectivity index (χ1v) is 7.48. The van der Waals surface area contributed by atoms with Gasteiger partial charge in [0, 0.05) is 12.6 Å². The Morgan fingerprint density at radius 2 is 1.90 bits per heavy atom. The molecule has 0 saturated carbocycles. The average Bonchev–Trinajstić information content (AvgIpc) is 2.53. The largest absolute Gasteiger partial charge is 0.486 e. The molecule has 0 fully saturated rings. The summed E-state index contributed by atoms with van der Waals surface area (Å²) in [6.45, 7) is 4.00. The standard InChI is InChI=1S/C17H18ClNO2/c1-12(14-5-3-2-4-6-14)19-11-13-9-15(18)17-16(10-13)20-7-8-21-17/h2-6,9-10,12,19H,7-8,11H2,1H3. The van der Waals surface area contributed by atoms with Crippen molar-refractivity contribution in [2.45, 2.75) is 19.5 Å². The third-order valence-corrected chi connectivity index (χ3v) is 3.85. The quantitative estimate of drug-likeness (QED) is 0.927. The molecule has 0 bridgehead atoms. The molecule has 0 saturated heterocycles. The summed E-state index contributed by atoms with van der Waals surface area (Å²) in [6, 6.07) is 14.6. The highest BCUT2D eigenvalue weighted by atomic mass is 35.5. The Morgan fingerprint density at radius 1 is 1.14 bits per heavy atom. The van der Waals surface area contributed by atoms with Gasteiger partial charge in [0.15, 0.2) is 11.5 Å². The van der Waals surface area contributed by atoms with Crippen LogP contribution in [0.1, 0.15) is 24.1 Å². The zero-order valence-electron chi connectivity index (χ0n) is 11.9. The summed E-state index contributed by atoms with van der Waals surface area (Å²) >= 11 is 6.25. The maximum atomic E-state index is 6.25. The molecule has 1 unspecified atom stereocenters. The van der Waals surface area contributed by atoms with E-state index in [0.29, 0.717) is 24.0 Å². The molecule has 21 heavy (non-hydrogen) atoms. The first-order valence-electron chi connectivity index (χ1n) is 7.10. The molecular formula is C17H18ClNO2. The molecule has 0 radical (unpaired) electrons. The van der Waals surface area contributed by atoms with Gasteiger partial charge in [-0.1, -0.05) is 41.9 Å². The van der Waals surface area contributed by atoms with Gasteiger partial charge in [0.05, 0.1) is 5.02 Å². The van der Waals surface area contributed by atoms with Crippen LogP contribution >= 0.6 is 11.6 Å². The summed E-state index contributed by atoms with van der Waals surface area (Å²) < 4.78 is 11.1. The van der Waals surface area contributed by atoms with E-state index in [1.54, 1.807) is 0 Å². The number of rotatable bonds is 4. The van der Waals surface area contributed by atoms with Gasteiger partial charge in [-0.05, 0) is 30.2 Å². The van der Waals surface area contributed by atoms with Gasteiger partial charge in [0.1, 0.15) is 13.2 Å². The summed E-state index contributed by atoms with van der Waals surface area (Å²) in [6.07, 6.45) is 0. The van der Waals surface area contributed by atoms with Crippen LogP contribution in [-0.2, 0) is 6.54 Å². The van der Waals surface area contributed by atoms with Crippen molar-refractivity contribution in [3.8, 4) is 11.5 Å². The molecule has 1 aliphatic rings. The predicted molar refractivity (Wildman–Crippen MR) is 84.1 cm³/mol. The van der Waals surface area contributed by atoms with Gasteiger partial charge >= 0.3 is 0 Å². The molecule has 1 aliphatic heterocycles. The lowest BCUT2D eigenvalue weighted by molar-refractivity contribution is 0.171. The van der Waals surface area contributed by atoms with Crippen molar-refractivity contribution in [1.29, 1.82) is 0 Å². The summed E-state index contributed by atoms with van der Waals surface area (Å²) in [5, 5.41) is 4.10. The topological polar surface area (TPSA) is 30.5 Å². The zero-order chi connectivity index (χ0) is 14.7. The number of nitrogens with one attached hydrogen (secondary N) is 1. The minimum atomic E-state index is 0.276. The molecule has 0 aliphatic carbocycles. The summed E-state index contributed by atoms with van der Waals surface area (Å²) in [4.78, 5) is 0. The molecule has 2 aromatic rings. The highest BCUT2D eigenvalue weighted by Crippen LogP contribution is 2.38. The summed E-state index contributed by atoms with van der Waals surface area (Å²) in [5.74, 6) is 1.39. The highest BCUT2D eigenvalue weighted by Gasteiger charge is 2.16. The Hall–Kier alpha value is -1.71. The van der Waals surface area contributed by atoms with E-state index in [9.17, 15) is 0 Å². The molecule has 0 aromatic heterocycles. The van der Waals surface area contributed by atoms with Crippen LogP contribution in [0.4, 0.5) is 0 Å². The number of benzene rings is 2. The fraction of sp³-hybridized carbons (Fsp3) is 0.294. The number of ether oxygens (including phenoxy) is 2. The molecule has 4 heteroatoms. The van der Waals surface area contributed by atoms with Gasteiger partial charge in [-0.15, -0.1) is 0 Å².